The van der Waals surface area contributed by atoms with Gasteiger partial charge in [-0.15, -0.1) is 0 Å². The van der Waals surface area contributed by atoms with Crippen LogP contribution in [0.3, 0.4) is 0 Å². The van der Waals surface area contributed by atoms with Crippen LogP contribution in [0, 0.1) is 11.3 Å². The van der Waals surface area contributed by atoms with E-state index in [0.29, 0.717) is 34.3 Å². The van der Waals surface area contributed by atoms with Crippen molar-refractivity contribution in [1.82, 2.24) is 19.8 Å². The van der Waals surface area contributed by atoms with Crippen LogP contribution in [0.25, 0.3) is 22.8 Å². The molecule has 4 rings (SSSR count). The summed E-state index contributed by atoms with van der Waals surface area (Å²) in [6.07, 6.45) is 3.33. The minimum atomic E-state index is 0.00290. The summed E-state index contributed by atoms with van der Waals surface area (Å²) in [7, 11) is 5.30. The summed E-state index contributed by atoms with van der Waals surface area (Å²) in [5, 5.41) is 13.6. The third kappa shape index (κ3) is 6.84. The summed E-state index contributed by atoms with van der Waals surface area (Å²) in [6.45, 7) is 3.86. The monoisotopic (exact) mass is 493 g/mol. The molecule has 3 aromatic rings. The largest absolute Gasteiger partial charge is 0.490 e. The third-order valence-electron chi connectivity index (χ3n) is 5.36. The maximum absolute atomic E-state index is 10.8. The van der Waals surface area contributed by atoms with Crippen molar-refractivity contribution < 1.29 is 14.1 Å². The number of benzene rings is 2. The Morgan fingerprint density at radius 3 is 2.77 bits per heavy atom. The van der Waals surface area contributed by atoms with Gasteiger partial charge in [0, 0.05) is 25.2 Å². The molecule has 35 heavy (non-hydrogen) atoms. The van der Waals surface area contributed by atoms with Gasteiger partial charge in [-0.3, -0.25) is 9.52 Å². The summed E-state index contributed by atoms with van der Waals surface area (Å²) < 4.78 is 14.0. The van der Waals surface area contributed by atoms with Gasteiger partial charge < -0.3 is 14.2 Å². The van der Waals surface area contributed by atoms with E-state index in [9.17, 15) is 10.1 Å². The molecular weight excluding hydrogens is 462 g/mol. The molecule has 0 spiro atoms. The highest BCUT2D eigenvalue weighted by Gasteiger charge is 2.20. The fraction of sp³-hybridized carbons (Fsp3) is 0.385. The van der Waals surface area contributed by atoms with Gasteiger partial charge in [-0.25, -0.2) is 0 Å². The van der Waals surface area contributed by atoms with Gasteiger partial charge >= 0.3 is 0 Å². The number of nitrogens with zero attached hydrogens (tertiary/aromatic N) is 4. The number of nitriles is 1. The van der Waals surface area contributed by atoms with Gasteiger partial charge in [-0.05, 0) is 69.5 Å². The SMILES string of the molecule is CC(C)Oc1ccc(-c2nc(-c3cccc4c3CCC4)no2)cc1C#N.CNSCC(=O)N(C)C. The number of rotatable bonds is 7. The number of amides is 1. The molecule has 0 saturated carbocycles. The van der Waals surface area contributed by atoms with Gasteiger partial charge in [-0.1, -0.05) is 35.3 Å². The highest BCUT2D eigenvalue weighted by Crippen LogP contribution is 2.32. The van der Waals surface area contributed by atoms with E-state index in [-0.39, 0.29) is 12.0 Å². The summed E-state index contributed by atoms with van der Waals surface area (Å²) in [6, 6.07) is 13.8. The third-order valence-corrected chi connectivity index (χ3v) is 6.04. The summed E-state index contributed by atoms with van der Waals surface area (Å²) in [5.74, 6) is 2.20. The van der Waals surface area contributed by atoms with Crippen LogP contribution in [-0.4, -0.2) is 53.9 Å². The fourth-order valence-electron chi connectivity index (χ4n) is 3.65. The molecule has 0 radical (unpaired) electrons. The lowest BCUT2D eigenvalue weighted by molar-refractivity contribution is -0.125. The molecule has 0 bridgehead atoms. The maximum Gasteiger partial charge on any atom is 0.258 e. The van der Waals surface area contributed by atoms with Gasteiger partial charge in [-0.2, -0.15) is 10.2 Å². The highest BCUT2D eigenvalue weighted by molar-refractivity contribution is 7.98. The van der Waals surface area contributed by atoms with Gasteiger partial charge in [0.25, 0.3) is 5.89 Å². The Morgan fingerprint density at radius 2 is 2.09 bits per heavy atom. The van der Waals surface area contributed by atoms with Crippen LogP contribution < -0.4 is 9.46 Å². The number of fused-ring (bicyclic) bond motifs is 1. The molecule has 0 aliphatic heterocycles. The van der Waals surface area contributed by atoms with Crippen LogP contribution in [0.5, 0.6) is 5.75 Å². The Kier molecular flexibility index (Phi) is 9.29. The molecule has 1 aliphatic carbocycles. The Hall–Kier alpha value is -3.35. The van der Waals surface area contributed by atoms with Crippen molar-refractivity contribution in [2.45, 2.75) is 39.2 Å². The zero-order chi connectivity index (χ0) is 25.4. The molecule has 1 aromatic heterocycles. The van der Waals surface area contributed by atoms with Crippen LogP contribution in [0.4, 0.5) is 0 Å². The Balaban J connectivity index is 0.000000327. The first-order valence-electron chi connectivity index (χ1n) is 11.5. The number of hydrogen-bond donors (Lipinski definition) is 1. The first-order valence-corrected chi connectivity index (χ1v) is 12.5. The Morgan fingerprint density at radius 1 is 1.29 bits per heavy atom. The number of aryl methyl sites for hydroxylation is 1. The van der Waals surface area contributed by atoms with Crippen molar-refractivity contribution in [1.29, 1.82) is 5.26 Å². The van der Waals surface area contributed by atoms with Crippen molar-refractivity contribution >= 4 is 17.9 Å². The summed E-state index contributed by atoms with van der Waals surface area (Å²) in [4.78, 5) is 16.9. The lowest BCUT2D eigenvalue weighted by Gasteiger charge is -2.11. The van der Waals surface area contributed by atoms with E-state index < -0.39 is 0 Å². The zero-order valence-corrected chi connectivity index (χ0v) is 21.6. The molecule has 1 heterocycles. The zero-order valence-electron chi connectivity index (χ0n) is 20.8. The van der Waals surface area contributed by atoms with Crippen LogP contribution in [0.15, 0.2) is 40.9 Å². The Labute approximate surface area is 210 Å². The minimum Gasteiger partial charge on any atom is -0.490 e. The average molecular weight is 494 g/mol. The van der Waals surface area contributed by atoms with E-state index in [0.717, 1.165) is 18.4 Å². The van der Waals surface area contributed by atoms with Crippen LogP contribution >= 0.6 is 11.9 Å². The molecule has 1 N–H and O–H groups in total. The van der Waals surface area contributed by atoms with Gasteiger partial charge in [0.05, 0.1) is 17.4 Å². The van der Waals surface area contributed by atoms with Crippen molar-refractivity contribution in [2.24, 2.45) is 0 Å². The first kappa shape index (κ1) is 26.3. The number of hydrogen-bond acceptors (Lipinski definition) is 8. The number of ether oxygens (including phenoxy) is 1. The van der Waals surface area contributed by atoms with E-state index in [1.54, 1.807) is 38.2 Å². The van der Waals surface area contributed by atoms with Gasteiger partial charge in [0.2, 0.25) is 11.7 Å². The molecule has 0 fully saturated rings. The van der Waals surface area contributed by atoms with Gasteiger partial charge in [0.15, 0.2) is 0 Å². The number of aromatic nitrogens is 2. The second-order valence-electron chi connectivity index (χ2n) is 8.49. The van der Waals surface area contributed by atoms with E-state index in [4.69, 9.17) is 9.26 Å². The predicted molar refractivity (Wildman–Crippen MR) is 138 cm³/mol. The Bertz CT molecular complexity index is 1200. The number of carbonyl (C=O) groups is 1. The maximum atomic E-state index is 10.8. The van der Waals surface area contributed by atoms with Crippen LogP contribution in [-0.2, 0) is 17.6 Å². The molecule has 0 atom stereocenters. The molecule has 184 valence electrons. The molecule has 9 heteroatoms. The lowest BCUT2D eigenvalue weighted by Crippen LogP contribution is -2.24. The molecule has 1 aliphatic rings. The van der Waals surface area contributed by atoms with Crippen LogP contribution in [0.1, 0.15) is 37.0 Å². The standard InChI is InChI=1S/C21H19N3O2.C5H12N2OS/c1-13(2)25-19-10-9-15(11-16(19)12-22)21-23-20(24-26-21)18-8-4-6-14-5-3-7-17(14)18;1-6-9-4-5(8)7(2)3/h4,6,8-11,13H,3,5,7H2,1-2H3;6H,4H2,1-3H3. The second-order valence-corrected chi connectivity index (χ2v) is 9.48. The summed E-state index contributed by atoms with van der Waals surface area (Å²) in [5.41, 5.74) is 4.89. The van der Waals surface area contributed by atoms with Crippen molar-refractivity contribution in [2.75, 3.05) is 26.9 Å². The molecule has 1 amide bonds. The minimum absolute atomic E-state index is 0.00290. The van der Waals surface area contributed by atoms with E-state index in [1.807, 2.05) is 32.0 Å². The smallest absolute Gasteiger partial charge is 0.258 e. The van der Waals surface area contributed by atoms with Crippen molar-refractivity contribution in [3.05, 3.63) is 53.1 Å². The van der Waals surface area contributed by atoms with E-state index >= 15 is 0 Å². The molecule has 2 aromatic carbocycles. The number of carbonyl (C=O) groups excluding carboxylic acids is 1. The van der Waals surface area contributed by atoms with E-state index in [2.05, 4.69) is 27.0 Å². The lowest BCUT2D eigenvalue weighted by atomic mass is 10.0. The highest BCUT2D eigenvalue weighted by atomic mass is 32.2. The second kappa shape index (κ2) is 12.4. The molecule has 8 nitrogen and oxygen atoms in total. The quantitative estimate of drug-likeness (QED) is 0.480. The first-order chi connectivity index (χ1) is 16.8. The molecular formula is C26H31N5O3S. The van der Waals surface area contributed by atoms with Crippen molar-refractivity contribution in [3.63, 3.8) is 0 Å². The van der Waals surface area contributed by atoms with Gasteiger partial charge in [0.1, 0.15) is 11.8 Å². The number of nitrogens with one attached hydrogen (secondary N) is 1. The van der Waals surface area contributed by atoms with E-state index in [1.165, 1.54) is 29.5 Å². The predicted octanol–water partition coefficient (Wildman–Crippen LogP) is 4.49. The summed E-state index contributed by atoms with van der Waals surface area (Å²) >= 11 is 1.40. The van der Waals surface area contributed by atoms with Crippen molar-refractivity contribution in [3.8, 4) is 34.7 Å². The fourth-order valence-corrected chi connectivity index (χ4v) is 4.18. The molecule has 0 unspecified atom stereocenters. The average Bonchev–Trinajstić information content (AvgIpc) is 3.52. The molecule has 0 saturated heterocycles. The van der Waals surface area contributed by atoms with Crippen LogP contribution in [0.2, 0.25) is 0 Å². The topological polar surface area (TPSA) is 104 Å². The normalized spacial score (nSPS) is 11.9.